The molecule has 0 unspecified atom stereocenters. The van der Waals surface area contributed by atoms with Crippen molar-refractivity contribution in [1.29, 1.82) is 0 Å². The summed E-state index contributed by atoms with van der Waals surface area (Å²) in [5, 5.41) is 0. The molecular weight excluding hydrogens is 348 g/mol. The second-order valence-corrected chi connectivity index (χ2v) is 5.88. The smallest absolute Gasteiger partial charge is 0.337 e. The largest absolute Gasteiger partial charge is 0.465 e. The number of aromatic amines is 1. The number of fused-ring (bicyclic) bond motifs is 1. The summed E-state index contributed by atoms with van der Waals surface area (Å²) in [4.78, 5) is 42.6. The Labute approximate surface area is 155 Å². The number of nitrogens with one attached hydrogen (secondary N) is 1. The number of rotatable bonds is 6. The molecule has 1 aromatic heterocycles. The first-order valence-electron chi connectivity index (χ1n) is 8.37. The molecule has 2 aromatic carbocycles. The average Bonchev–Trinajstić information content (AvgIpc) is 2.70. The number of para-hydroxylation sites is 2. The van der Waals surface area contributed by atoms with E-state index in [1.54, 1.807) is 36.4 Å². The molecule has 0 bridgehead atoms. The minimum Gasteiger partial charge on any atom is -0.465 e. The van der Waals surface area contributed by atoms with Crippen molar-refractivity contribution in [3.05, 3.63) is 75.7 Å². The van der Waals surface area contributed by atoms with E-state index in [0.717, 1.165) is 0 Å². The van der Waals surface area contributed by atoms with Gasteiger partial charge < -0.3 is 14.5 Å². The molecule has 0 amide bonds. The first-order valence-corrected chi connectivity index (χ1v) is 8.37. The molecule has 0 atom stereocenters. The number of methoxy groups -OCH3 is 1. The van der Waals surface area contributed by atoms with Crippen LogP contribution in [0.4, 0.5) is 0 Å². The molecule has 0 aliphatic rings. The first kappa shape index (κ1) is 18.3. The lowest BCUT2D eigenvalue weighted by Gasteiger charge is -2.06. The lowest BCUT2D eigenvalue weighted by Crippen LogP contribution is -2.17. The normalized spacial score (nSPS) is 10.6. The Kier molecular flexibility index (Phi) is 5.61. The van der Waals surface area contributed by atoms with Crippen LogP contribution in [0.3, 0.4) is 0 Å². The Morgan fingerprint density at radius 3 is 2.74 bits per heavy atom. The molecule has 0 radical (unpaired) electrons. The molecule has 27 heavy (non-hydrogen) atoms. The predicted molar refractivity (Wildman–Crippen MR) is 98.3 cm³/mol. The fourth-order valence-electron chi connectivity index (χ4n) is 2.60. The van der Waals surface area contributed by atoms with E-state index in [-0.39, 0.29) is 25.0 Å². The monoisotopic (exact) mass is 366 g/mol. The summed E-state index contributed by atoms with van der Waals surface area (Å²) >= 11 is 0. The molecule has 0 saturated carbocycles. The third-order valence-corrected chi connectivity index (χ3v) is 3.98. The number of carbonyl (C=O) groups is 2. The molecule has 3 aromatic rings. The zero-order valence-electron chi connectivity index (χ0n) is 14.7. The van der Waals surface area contributed by atoms with Crippen LogP contribution in [0.25, 0.3) is 11.0 Å². The van der Waals surface area contributed by atoms with Crippen molar-refractivity contribution in [2.75, 3.05) is 7.11 Å². The van der Waals surface area contributed by atoms with Crippen LogP contribution in [0.2, 0.25) is 0 Å². The van der Waals surface area contributed by atoms with Gasteiger partial charge in [0.25, 0.3) is 5.56 Å². The van der Waals surface area contributed by atoms with E-state index in [0.29, 0.717) is 27.9 Å². The van der Waals surface area contributed by atoms with Crippen molar-refractivity contribution < 1.29 is 19.1 Å². The molecule has 138 valence electrons. The average molecular weight is 366 g/mol. The summed E-state index contributed by atoms with van der Waals surface area (Å²) in [5.74, 6) is -0.905. The third kappa shape index (κ3) is 4.58. The topological polar surface area (TPSA) is 98.3 Å². The van der Waals surface area contributed by atoms with Gasteiger partial charge in [-0.3, -0.25) is 9.59 Å². The van der Waals surface area contributed by atoms with Gasteiger partial charge in [-0.05, 0) is 29.8 Å². The van der Waals surface area contributed by atoms with E-state index in [1.807, 2.05) is 12.1 Å². The molecule has 3 rings (SSSR count). The van der Waals surface area contributed by atoms with E-state index >= 15 is 0 Å². The van der Waals surface area contributed by atoms with E-state index in [2.05, 4.69) is 14.7 Å². The molecule has 0 fully saturated rings. The van der Waals surface area contributed by atoms with Gasteiger partial charge in [-0.25, -0.2) is 9.78 Å². The number of H-pyrrole nitrogens is 1. The first-order chi connectivity index (χ1) is 13.1. The summed E-state index contributed by atoms with van der Waals surface area (Å²) in [6, 6.07) is 13.9. The minimum atomic E-state index is -0.454. The SMILES string of the molecule is COC(=O)c1cccc(COC(=O)CCc2nc3ccccc3[nH]c2=O)c1. The van der Waals surface area contributed by atoms with Crippen LogP contribution >= 0.6 is 0 Å². The fourth-order valence-corrected chi connectivity index (χ4v) is 2.60. The van der Waals surface area contributed by atoms with Gasteiger partial charge in [0.1, 0.15) is 12.3 Å². The molecule has 7 nitrogen and oxygen atoms in total. The van der Waals surface area contributed by atoms with Gasteiger partial charge >= 0.3 is 11.9 Å². The number of hydrogen-bond donors (Lipinski definition) is 1. The van der Waals surface area contributed by atoms with Crippen molar-refractivity contribution in [2.45, 2.75) is 19.4 Å². The van der Waals surface area contributed by atoms with Crippen LogP contribution in [-0.4, -0.2) is 29.0 Å². The minimum absolute atomic E-state index is 0.0328. The zero-order chi connectivity index (χ0) is 19.2. The molecular formula is C20H18N2O5. The van der Waals surface area contributed by atoms with Crippen molar-refractivity contribution in [1.82, 2.24) is 9.97 Å². The number of ether oxygens (including phenoxy) is 2. The van der Waals surface area contributed by atoms with E-state index in [4.69, 9.17) is 4.74 Å². The highest BCUT2D eigenvalue weighted by atomic mass is 16.5. The van der Waals surface area contributed by atoms with Gasteiger partial charge in [-0.1, -0.05) is 24.3 Å². The Morgan fingerprint density at radius 1 is 1.11 bits per heavy atom. The Balaban J connectivity index is 1.58. The molecule has 0 aliphatic carbocycles. The Bertz CT molecular complexity index is 1040. The van der Waals surface area contributed by atoms with Gasteiger partial charge in [-0.2, -0.15) is 0 Å². The maximum Gasteiger partial charge on any atom is 0.337 e. The zero-order valence-corrected chi connectivity index (χ0v) is 14.7. The van der Waals surface area contributed by atoms with E-state index < -0.39 is 11.9 Å². The summed E-state index contributed by atoms with van der Waals surface area (Å²) in [5.41, 5.74) is 2.36. The number of aryl methyl sites for hydroxylation is 1. The standard InChI is InChI=1S/C20H18N2O5/c1-26-20(25)14-6-4-5-13(11-14)12-27-18(23)10-9-17-19(24)22-16-8-3-2-7-15(16)21-17/h2-8,11H,9-10,12H2,1H3,(H,22,24). The lowest BCUT2D eigenvalue weighted by atomic mass is 10.1. The number of esters is 2. The van der Waals surface area contributed by atoms with Gasteiger partial charge in [0.05, 0.1) is 30.1 Å². The van der Waals surface area contributed by atoms with Gasteiger partial charge in [0.15, 0.2) is 0 Å². The number of hydrogen-bond acceptors (Lipinski definition) is 6. The molecule has 0 saturated heterocycles. The quantitative estimate of drug-likeness (QED) is 0.673. The lowest BCUT2D eigenvalue weighted by molar-refractivity contribution is -0.144. The van der Waals surface area contributed by atoms with Crippen molar-refractivity contribution >= 4 is 23.0 Å². The maximum absolute atomic E-state index is 12.0. The van der Waals surface area contributed by atoms with Crippen LogP contribution in [-0.2, 0) is 27.3 Å². The van der Waals surface area contributed by atoms with Crippen molar-refractivity contribution in [3.8, 4) is 0 Å². The van der Waals surface area contributed by atoms with Crippen LogP contribution in [0.1, 0.15) is 28.0 Å². The highest BCUT2D eigenvalue weighted by Gasteiger charge is 2.10. The molecule has 1 N–H and O–H groups in total. The second kappa shape index (κ2) is 8.27. The number of carbonyl (C=O) groups excluding carboxylic acids is 2. The summed E-state index contributed by atoms with van der Waals surface area (Å²) in [6.07, 6.45) is 0.215. The highest BCUT2D eigenvalue weighted by molar-refractivity contribution is 5.89. The Hall–Kier alpha value is -3.48. The van der Waals surface area contributed by atoms with Crippen molar-refractivity contribution in [2.24, 2.45) is 0 Å². The summed E-state index contributed by atoms with van der Waals surface area (Å²) < 4.78 is 9.87. The summed E-state index contributed by atoms with van der Waals surface area (Å²) in [6.45, 7) is 0.0329. The number of aromatic nitrogens is 2. The van der Waals surface area contributed by atoms with Crippen LogP contribution in [0.5, 0.6) is 0 Å². The highest BCUT2D eigenvalue weighted by Crippen LogP contribution is 2.10. The van der Waals surface area contributed by atoms with Gasteiger partial charge in [-0.15, -0.1) is 0 Å². The van der Waals surface area contributed by atoms with Crippen LogP contribution < -0.4 is 5.56 Å². The number of benzene rings is 2. The maximum atomic E-state index is 12.0. The van der Waals surface area contributed by atoms with E-state index in [9.17, 15) is 14.4 Å². The molecule has 7 heteroatoms. The Morgan fingerprint density at radius 2 is 1.93 bits per heavy atom. The van der Waals surface area contributed by atoms with E-state index in [1.165, 1.54) is 7.11 Å². The summed E-state index contributed by atoms with van der Waals surface area (Å²) in [7, 11) is 1.30. The van der Waals surface area contributed by atoms with Crippen LogP contribution in [0.15, 0.2) is 53.3 Å². The van der Waals surface area contributed by atoms with Gasteiger partial charge in [0, 0.05) is 6.42 Å². The van der Waals surface area contributed by atoms with Crippen LogP contribution in [0, 0.1) is 0 Å². The van der Waals surface area contributed by atoms with Gasteiger partial charge in [0.2, 0.25) is 0 Å². The fraction of sp³-hybridized carbons (Fsp3) is 0.200. The number of nitrogens with zero attached hydrogens (tertiary/aromatic N) is 1. The third-order valence-electron chi connectivity index (χ3n) is 3.98. The predicted octanol–water partition coefficient (Wildman–Crippen LogP) is 2.39. The molecule has 1 heterocycles. The van der Waals surface area contributed by atoms with Crippen molar-refractivity contribution in [3.63, 3.8) is 0 Å². The molecule has 0 aliphatic heterocycles. The second-order valence-electron chi connectivity index (χ2n) is 5.88. The molecule has 0 spiro atoms.